The van der Waals surface area contributed by atoms with Crippen LogP contribution in [0.4, 0.5) is 17.6 Å². The van der Waals surface area contributed by atoms with Crippen LogP contribution in [-0.4, -0.2) is 62.3 Å². The van der Waals surface area contributed by atoms with Gasteiger partial charge in [-0.1, -0.05) is 21.6 Å². The SMILES string of the molecule is O=C(O)C(F)(F)F.O=C(O)CCSSCCNC(=O)c1cc(F)cc2nccnc12. The number of rotatable bonds is 8. The molecule has 1 amide bonds. The number of carboxylic acid groups (broad SMARTS) is 2. The van der Waals surface area contributed by atoms with Crippen molar-refractivity contribution in [3.05, 3.63) is 35.9 Å². The molecule has 30 heavy (non-hydrogen) atoms. The number of nitrogens with one attached hydrogen (secondary N) is 1. The van der Waals surface area contributed by atoms with Crippen molar-refractivity contribution in [2.75, 3.05) is 18.1 Å². The Morgan fingerprint density at radius 2 is 1.63 bits per heavy atom. The first-order valence-electron chi connectivity index (χ1n) is 7.97. The molecule has 8 nitrogen and oxygen atoms in total. The Kier molecular flexibility index (Phi) is 10.3. The van der Waals surface area contributed by atoms with E-state index in [9.17, 15) is 27.2 Å². The molecule has 1 aromatic heterocycles. The number of carbonyl (C=O) groups excluding carboxylic acids is 1. The van der Waals surface area contributed by atoms with Crippen molar-refractivity contribution in [2.24, 2.45) is 0 Å². The molecule has 0 aliphatic carbocycles. The summed E-state index contributed by atoms with van der Waals surface area (Å²) in [5, 5.41) is 18.3. The topological polar surface area (TPSA) is 129 Å². The fourth-order valence-corrected chi connectivity index (χ4v) is 3.65. The molecule has 164 valence electrons. The number of aromatic nitrogens is 2. The van der Waals surface area contributed by atoms with E-state index in [-0.39, 0.29) is 12.0 Å². The standard InChI is InChI=1S/C14H14FN3O3S2.C2HF3O2/c15-9-7-10(13-11(8-9)16-2-3-17-13)14(21)18-4-6-23-22-5-1-12(19)20;3-2(4,5)1(6)7/h2-3,7-8H,1,4-6H2,(H,18,21)(H,19,20);(H,6,7). The molecular weight excluding hydrogens is 454 g/mol. The predicted octanol–water partition coefficient (Wildman–Crippen LogP) is 2.99. The summed E-state index contributed by atoms with van der Waals surface area (Å²) < 4.78 is 45.3. The number of halogens is 4. The van der Waals surface area contributed by atoms with E-state index >= 15 is 0 Å². The van der Waals surface area contributed by atoms with E-state index in [0.717, 1.165) is 6.07 Å². The van der Waals surface area contributed by atoms with E-state index in [1.165, 1.54) is 40.0 Å². The van der Waals surface area contributed by atoms with Gasteiger partial charge < -0.3 is 15.5 Å². The molecule has 2 aromatic rings. The van der Waals surface area contributed by atoms with Gasteiger partial charge in [0.1, 0.15) is 11.3 Å². The zero-order chi connectivity index (χ0) is 22.7. The second kappa shape index (κ2) is 12.2. The summed E-state index contributed by atoms with van der Waals surface area (Å²) in [6.07, 6.45) is -2.08. The highest BCUT2D eigenvalue weighted by molar-refractivity contribution is 8.76. The first kappa shape index (κ1) is 25.4. The van der Waals surface area contributed by atoms with Crippen molar-refractivity contribution in [1.82, 2.24) is 15.3 Å². The van der Waals surface area contributed by atoms with Gasteiger partial charge in [0.05, 0.1) is 17.5 Å². The zero-order valence-corrected chi connectivity index (χ0v) is 16.6. The molecule has 1 heterocycles. The molecular formula is C16H15F4N3O5S2. The number of hydrogen-bond acceptors (Lipinski definition) is 7. The maximum atomic E-state index is 13.5. The summed E-state index contributed by atoms with van der Waals surface area (Å²) in [6, 6.07) is 2.37. The smallest absolute Gasteiger partial charge is 0.481 e. The van der Waals surface area contributed by atoms with Crippen LogP contribution in [0.1, 0.15) is 16.8 Å². The minimum absolute atomic E-state index is 0.109. The summed E-state index contributed by atoms with van der Waals surface area (Å²) in [7, 11) is 2.91. The third-order valence-corrected chi connectivity index (χ3v) is 5.39. The van der Waals surface area contributed by atoms with Crippen LogP contribution in [0.2, 0.25) is 0 Å². The van der Waals surface area contributed by atoms with Crippen LogP contribution in [-0.2, 0) is 9.59 Å². The van der Waals surface area contributed by atoms with Gasteiger partial charge in [-0.15, -0.1) is 0 Å². The second-order valence-corrected chi connectivity index (χ2v) is 7.93. The van der Waals surface area contributed by atoms with Gasteiger partial charge in [-0.05, 0) is 6.07 Å². The number of hydrogen-bond donors (Lipinski definition) is 3. The molecule has 14 heteroatoms. The lowest BCUT2D eigenvalue weighted by Crippen LogP contribution is -2.26. The Morgan fingerprint density at radius 3 is 2.23 bits per heavy atom. The Morgan fingerprint density at radius 1 is 1.03 bits per heavy atom. The molecule has 0 atom stereocenters. The molecule has 2 rings (SSSR count). The highest BCUT2D eigenvalue weighted by Crippen LogP contribution is 2.21. The summed E-state index contributed by atoms with van der Waals surface area (Å²) in [5.41, 5.74) is 0.836. The van der Waals surface area contributed by atoms with Crippen molar-refractivity contribution < 1.29 is 42.2 Å². The monoisotopic (exact) mass is 469 g/mol. The second-order valence-electron chi connectivity index (χ2n) is 5.22. The Bertz CT molecular complexity index is 899. The number of amides is 1. The molecule has 0 saturated carbocycles. The van der Waals surface area contributed by atoms with Gasteiger partial charge in [-0.2, -0.15) is 13.2 Å². The lowest BCUT2D eigenvalue weighted by molar-refractivity contribution is -0.192. The molecule has 0 bridgehead atoms. The molecule has 1 aromatic carbocycles. The van der Waals surface area contributed by atoms with Crippen LogP contribution in [0.25, 0.3) is 11.0 Å². The lowest BCUT2D eigenvalue weighted by Gasteiger charge is -2.07. The van der Waals surface area contributed by atoms with E-state index < -0.39 is 29.8 Å². The number of benzene rings is 1. The van der Waals surface area contributed by atoms with Crippen molar-refractivity contribution in [2.45, 2.75) is 12.6 Å². The molecule has 0 spiro atoms. The summed E-state index contributed by atoms with van der Waals surface area (Å²) >= 11 is 0. The molecule has 0 aliphatic rings. The normalized spacial score (nSPS) is 10.8. The maximum Gasteiger partial charge on any atom is 0.490 e. The maximum absolute atomic E-state index is 13.5. The predicted molar refractivity (Wildman–Crippen MR) is 103 cm³/mol. The average Bonchev–Trinajstić information content (AvgIpc) is 2.65. The number of aliphatic carboxylic acids is 2. The first-order valence-corrected chi connectivity index (χ1v) is 10.5. The Labute approximate surface area is 174 Å². The summed E-state index contributed by atoms with van der Waals surface area (Å²) in [5.74, 6) is -3.40. The van der Waals surface area contributed by atoms with Crippen LogP contribution in [0, 0.1) is 5.82 Å². The highest BCUT2D eigenvalue weighted by atomic mass is 33.1. The van der Waals surface area contributed by atoms with Crippen molar-refractivity contribution >= 4 is 50.5 Å². The average molecular weight is 469 g/mol. The quantitative estimate of drug-likeness (QED) is 0.303. The lowest BCUT2D eigenvalue weighted by atomic mass is 10.1. The van der Waals surface area contributed by atoms with Crippen molar-refractivity contribution in [3.8, 4) is 0 Å². The largest absolute Gasteiger partial charge is 0.490 e. The highest BCUT2D eigenvalue weighted by Gasteiger charge is 2.38. The molecule has 0 fully saturated rings. The molecule has 0 radical (unpaired) electrons. The zero-order valence-electron chi connectivity index (χ0n) is 15.0. The summed E-state index contributed by atoms with van der Waals surface area (Å²) in [4.78, 5) is 39.5. The third-order valence-electron chi connectivity index (χ3n) is 2.98. The van der Waals surface area contributed by atoms with Gasteiger partial charge in [0.2, 0.25) is 0 Å². The molecule has 0 saturated heterocycles. The fourth-order valence-electron chi connectivity index (χ4n) is 1.76. The Hall–Kier alpha value is -2.61. The minimum atomic E-state index is -5.08. The summed E-state index contributed by atoms with van der Waals surface area (Å²) in [6.45, 7) is 0.391. The van der Waals surface area contributed by atoms with Gasteiger partial charge in [0, 0.05) is 36.5 Å². The molecule has 0 aliphatic heterocycles. The van der Waals surface area contributed by atoms with E-state index in [0.29, 0.717) is 29.1 Å². The van der Waals surface area contributed by atoms with E-state index in [1.54, 1.807) is 0 Å². The fraction of sp³-hybridized carbons (Fsp3) is 0.312. The van der Waals surface area contributed by atoms with Gasteiger partial charge in [-0.3, -0.25) is 19.6 Å². The number of carbonyl (C=O) groups is 3. The van der Waals surface area contributed by atoms with Gasteiger partial charge in [0.15, 0.2) is 0 Å². The molecule has 0 unspecified atom stereocenters. The van der Waals surface area contributed by atoms with E-state index in [4.69, 9.17) is 15.0 Å². The van der Waals surface area contributed by atoms with Crippen LogP contribution in [0.5, 0.6) is 0 Å². The van der Waals surface area contributed by atoms with Gasteiger partial charge in [-0.25, -0.2) is 9.18 Å². The van der Waals surface area contributed by atoms with Crippen molar-refractivity contribution in [1.29, 1.82) is 0 Å². The number of nitrogens with zero attached hydrogens (tertiary/aromatic N) is 2. The Balaban J connectivity index is 0.000000553. The van der Waals surface area contributed by atoms with Crippen LogP contribution in [0.3, 0.4) is 0 Å². The first-order chi connectivity index (χ1) is 14.0. The molecule has 3 N–H and O–H groups in total. The number of fused-ring (bicyclic) bond motifs is 1. The minimum Gasteiger partial charge on any atom is -0.481 e. The van der Waals surface area contributed by atoms with Gasteiger partial charge in [0.25, 0.3) is 5.91 Å². The number of alkyl halides is 3. The van der Waals surface area contributed by atoms with Crippen molar-refractivity contribution in [3.63, 3.8) is 0 Å². The van der Waals surface area contributed by atoms with E-state index in [1.807, 2.05) is 0 Å². The van der Waals surface area contributed by atoms with Crippen LogP contribution >= 0.6 is 21.6 Å². The van der Waals surface area contributed by atoms with Crippen LogP contribution in [0.15, 0.2) is 24.5 Å². The van der Waals surface area contributed by atoms with Crippen LogP contribution < -0.4 is 5.32 Å². The third kappa shape index (κ3) is 9.26. The van der Waals surface area contributed by atoms with Gasteiger partial charge >= 0.3 is 18.1 Å². The number of carboxylic acids is 2. The van der Waals surface area contributed by atoms with E-state index in [2.05, 4.69) is 15.3 Å².